The summed E-state index contributed by atoms with van der Waals surface area (Å²) in [5.74, 6) is 1.48. The smallest absolute Gasteiger partial charge is 0.282 e. The van der Waals surface area contributed by atoms with Crippen molar-refractivity contribution in [3.05, 3.63) is 111 Å². The number of methoxy groups -OCH3 is 1. The number of halogens is 1. The van der Waals surface area contributed by atoms with Crippen molar-refractivity contribution in [2.75, 3.05) is 7.11 Å². The molecule has 3 aromatic carbocycles. The van der Waals surface area contributed by atoms with Crippen molar-refractivity contribution in [2.45, 2.75) is 13.8 Å². The van der Waals surface area contributed by atoms with Crippen molar-refractivity contribution in [3.63, 3.8) is 0 Å². The molecule has 38 heavy (non-hydrogen) atoms. The summed E-state index contributed by atoms with van der Waals surface area (Å²) >= 11 is 6.30. The van der Waals surface area contributed by atoms with Crippen molar-refractivity contribution < 1.29 is 9.15 Å². The third-order valence-electron chi connectivity index (χ3n) is 6.56. The van der Waals surface area contributed by atoms with Gasteiger partial charge >= 0.3 is 0 Å². The van der Waals surface area contributed by atoms with E-state index in [2.05, 4.69) is 5.10 Å². The molecule has 6 rings (SSSR count). The zero-order valence-corrected chi connectivity index (χ0v) is 21.7. The Morgan fingerprint density at radius 1 is 1.00 bits per heavy atom. The number of rotatable bonds is 5. The van der Waals surface area contributed by atoms with E-state index in [0.717, 1.165) is 28.0 Å². The minimum atomic E-state index is -0.285. The maximum absolute atomic E-state index is 13.6. The summed E-state index contributed by atoms with van der Waals surface area (Å²) in [6, 6.07) is 24.2. The number of aromatic nitrogens is 3. The molecule has 0 aliphatic carbocycles. The summed E-state index contributed by atoms with van der Waals surface area (Å²) in [7, 11) is 1.63. The van der Waals surface area contributed by atoms with Crippen molar-refractivity contribution in [2.24, 2.45) is 5.10 Å². The predicted octanol–water partition coefficient (Wildman–Crippen LogP) is 6.76. The Bertz CT molecular complexity index is 1900. The summed E-state index contributed by atoms with van der Waals surface area (Å²) < 4.78 is 15.0. The first-order chi connectivity index (χ1) is 18.4. The van der Waals surface area contributed by atoms with Gasteiger partial charge in [0.25, 0.3) is 5.56 Å². The number of ether oxygens (including phenoxy) is 1. The fourth-order valence-electron chi connectivity index (χ4n) is 4.73. The van der Waals surface area contributed by atoms with Gasteiger partial charge in [0.2, 0.25) is 5.82 Å². The van der Waals surface area contributed by atoms with E-state index < -0.39 is 0 Å². The molecule has 0 aliphatic rings. The number of aryl methyl sites for hydroxylation is 1. The molecular weight excluding hydrogens is 500 g/mol. The van der Waals surface area contributed by atoms with E-state index in [1.807, 2.05) is 85.1 Å². The molecule has 8 heteroatoms. The zero-order chi connectivity index (χ0) is 26.4. The average Bonchev–Trinajstić information content (AvgIpc) is 3.48. The van der Waals surface area contributed by atoms with Crippen molar-refractivity contribution in [1.82, 2.24) is 14.2 Å². The highest BCUT2D eigenvalue weighted by Crippen LogP contribution is 2.31. The molecular formula is C30H23ClN4O3. The Morgan fingerprint density at radius 2 is 1.79 bits per heavy atom. The Morgan fingerprint density at radius 3 is 2.61 bits per heavy atom. The molecule has 0 fully saturated rings. The van der Waals surface area contributed by atoms with E-state index in [1.165, 1.54) is 4.68 Å². The van der Waals surface area contributed by atoms with Gasteiger partial charge in [0.1, 0.15) is 11.3 Å². The van der Waals surface area contributed by atoms with Gasteiger partial charge in [-0.3, -0.25) is 4.79 Å². The summed E-state index contributed by atoms with van der Waals surface area (Å²) in [5.41, 5.74) is 4.53. The van der Waals surface area contributed by atoms with E-state index >= 15 is 0 Å². The normalized spacial score (nSPS) is 11.7. The topological polar surface area (TPSA) is 74.6 Å². The quantitative estimate of drug-likeness (QED) is 0.234. The van der Waals surface area contributed by atoms with Crippen LogP contribution in [-0.4, -0.2) is 27.6 Å². The first-order valence-electron chi connectivity index (χ1n) is 12.0. The molecule has 6 aromatic rings. The summed E-state index contributed by atoms with van der Waals surface area (Å²) in [6.45, 7) is 3.98. The largest absolute Gasteiger partial charge is 0.495 e. The van der Waals surface area contributed by atoms with Gasteiger partial charge in [-0.1, -0.05) is 41.9 Å². The standard InChI is InChI=1S/C30H23ClN4O3/c1-18-14-21(19(2)34(18)25-16-22(31)12-13-27(25)37-3)17-32-35-29(28-15-20-8-4-7-11-26(20)38-28)33-24-10-6-5-9-23(24)30(35)36/h4-17H,1-3H3. The van der Waals surface area contributed by atoms with Crippen LogP contribution in [0.5, 0.6) is 5.75 Å². The number of hydrogen-bond donors (Lipinski definition) is 0. The van der Waals surface area contributed by atoms with E-state index in [9.17, 15) is 4.79 Å². The van der Waals surface area contributed by atoms with Gasteiger partial charge in [0.15, 0.2) is 5.76 Å². The van der Waals surface area contributed by atoms with Crippen LogP contribution in [0.25, 0.3) is 39.1 Å². The number of nitrogens with zero attached hydrogens (tertiary/aromatic N) is 4. The van der Waals surface area contributed by atoms with Crippen LogP contribution in [-0.2, 0) is 0 Å². The summed E-state index contributed by atoms with van der Waals surface area (Å²) in [5, 5.41) is 6.62. The summed E-state index contributed by atoms with van der Waals surface area (Å²) in [4.78, 5) is 18.3. The van der Waals surface area contributed by atoms with Crippen LogP contribution >= 0.6 is 11.6 Å². The highest BCUT2D eigenvalue weighted by atomic mass is 35.5. The van der Waals surface area contributed by atoms with Crippen molar-refractivity contribution >= 4 is 39.7 Å². The second-order valence-corrected chi connectivity index (χ2v) is 9.38. The molecule has 7 nitrogen and oxygen atoms in total. The van der Waals surface area contributed by atoms with Gasteiger partial charge in [-0.25, -0.2) is 4.98 Å². The maximum atomic E-state index is 13.6. The van der Waals surface area contributed by atoms with E-state index in [1.54, 1.807) is 25.5 Å². The number of fused-ring (bicyclic) bond motifs is 2. The number of furan rings is 1. The molecule has 0 saturated heterocycles. The lowest BCUT2D eigenvalue weighted by Crippen LogP contribution is -2.20. The lowest BCUT2D eigenvalue weighted by molar-refractivity contribution is 0.412. The molecule has 0 N–H and O–H groups in total. The average molecular weight is 523 g/mol. The molecule has 188 valence electrons. The monoisotopic (exact) mass is 522 g/mol. The molecule has 0 aliphatic heterocycles. The number of para-hydroxylation sites is 2. The van der Waals surface area contributed by atoms with Crippen LogP contribution in [0.1, 0.15) is 17.0 Å². The fourth-order valence-corrected chi connectivity index (χ4v) is 4.90. The molecule has 0 unspecified atom stereocenters. The molecule has 0 saturated carbocycles. The molecule has 0 atom stereocenters. The van der Waals surface area contributed by atoms with Crippen LogP contribution < -0.4 is 10.3 Å². The van der Waals surface area contributed by atoms with E-state index in [4.69, 9.17) is 25.7 Å². The highest BCUT2D eigenvalue weighted by Gasteiger charge is 2.18. The first kappa shape index (κ1) is 23.8. The molecule has 3 aromatic heterocycles. The van der Waals surface area contributed by atoms with Gasteiger partial charge in [-0.2, -0.15) is 9.78 Å². The third kappa shape index (κ3) is 3.97. The Balaban J connectivity index is 1.52. The van der Waals surface area contributed by atoms with E-state index in [0.29, 0.717) is 38.8 Å². The van der Waals surface area contributed by atoms with Gasteiger partial charge in [-0.15, -0.1) is 0 Å². The van der Waals surface area contributed by atoms with Gasteiger partial charge in [0.05, 0.1) is 29.9 Å². The van der Waals surface area contributed by atoms with Crippen LogP contribution in [0.15, 0.2) is 93.2 Å². The van der Waals surface area contributed by atoms with Gasteiger partial charge < -0.3 is 13.7 Å². The van der Waals surface area contributed by atoms with Crippen LogP contribution in [0.2, 0.25) is 5.02 Å². The SMILES string of the molecule is COc1ccc(Cl)cc1-n1c(C)cc(C=Nn2c(-c3cc4ccccc4o3)nc3ccccc3c2=O)c1C. The van der Waals surface area contributed by atoms with Crippen LogP contribution in [0.3, 0.4) is 0 Å². The summed E-state index contributed by atoms with van der Waals surface area (Å²) in [6.07, 6.45) is 1.67. The minimum Gasteiger partial charge on any atom is -0.495 e. The molecule has 0 spiro atoms. The number of benzene rings is 3. The van der Waals surface area contributed by atoms with E-state index in [-0.39, 0.29) is 5.56 Å². The van der Waals surface area contributed by atoms with Crippen LogP contribution in [0.4, 0.5) is 0 Å². The van der Waals surface area contributed by atoms with Crippen LogP contribution in [0, 0.1) is 13.8 Å². The minimum absolute atomic E-state index is 0.285. The number of hydrogen-bond acceptors (Lipinski definition) is 5. The van der Waals surface area contributed by atoms with Gasteiger partial charge in [0, 0.05) is 27.4 Å². The zero-order valence-electron chi connectivity index (χ0n) is 21.0. The fraction of sp³-hybridized carbons (Fsp3) is 0.100. The van der Waals surface area contributed by atoms with Crippen molar-refractivity contribution in [1.29, 1.82) is 0 Å². The Kier molecular flexibility index (Phi) is 5.85. The van der Waals surface area contributed by atoms with Crippen molar-refractivity contribution in [3.8, 4) is 23.0 Å². The predicted molar refractivity (Wildman–Crippen MR) is 151 cm³/mol. The molecule has 0 bridgehead atoms. The second-order valence-electron chi connectivity index (χ2n) is 8.94. The molecule has 0 amide bonds. The third-order valence-corrected chi connectivity index (χ3v) is 6.80. The Labute approximate surface area is 223 Å². The maximum Gasteiger partial charge on any atom is 0.282 e. The lowest BCUT2D eigenvalue weighted by Gasteiger charge is -2.14. The molecule has 0 radical (unpaired) electrons. The second kappa shape index (κ2) is 9.36. The highest BCUT2D eigenvalue weighted by molar-refractivity contribution is 6.30. The Hall–Kier alpha value is -4.62. The lowest BCUT2D eigenvalue weighted by atomic mass is 10.2. The molecule has 3 heterocycles. The van der Waals surface area contributed by atoms with Gasteiger partial charge in [-0.05, 0) is 62.4 Å². The first-order valence-corrected chi connectivity index (χ1v) is 12.4.